The summed E-state index contributed by atoms with van der Waals surface area (Å²) in [6, 6.07) is 26.5. The van der Waals surface area contributed by atoms with Crippen LogP contribution in [0.1, 0.15) is 38.3 Å². The summed E-state index contributed by atoms with van der Waals surface area (Å²) in [5.41, 5.74) is 3.97. The number of nitrogens with zero attached hydrogens (tertiary/aromatic N) is 8. The minimum Gasteiger partial charge on any atom is -0.491 e. The predicted octanol–water partition coefficient (Wildman–Crippen LogP) is 4.66. The van der Waals surface area contributed by atoms with Crippen LogP contribution in [-0.2, 0) is 21.8 Å². The van der Waals surface area contributed by atoms with E-state index in [1.165, 1.54) is 5.69 Å². The number of anilines is 2. The second-order valence-corrected chi connectivity index (χ2v) is 12.3. The molecule has 12 heteroatoms. The highest BCUT2D eigenvalue weighted by Gasteiger charge is 2.42. The molecule has 250 valence electrons. The minimum atomic E-state index is -0.989. The lowest BCUT2D eigenvalue weighted by Crippen LogP contribution is -2.47. The van der Waals surface area contributed by atoms with Crippen LogP contribution in [0.4, 0.5) is 11.4 Å². The van der Waals surface area contributed by atoms with Crippen LogP contribution in [0.5, 0.6) is 5.75 Å². The van der Waals surface area contributed by atoms with Crippen LogP contribution in [-0.4, -0.2) is 74.8 Å². The zero-order chi connectivity index (χ0) is 32.9. The summed E-state index contributed by atoms with van der Waals surface area (Å²) in [5, 5.41) is 12.9. The third-order valence-corrected chi connectivity index (χ3v) is 9.27. The summed E-state index contributed by atoms with van der Waals surface area (Å²) in [5.74, 6) is -0.183. The molecule has 12 nitrogen and oxygen atoms in total. The Morgan fingerprint density at radius 1 is 0.854 bits per heavy atom. The number of hydrogen-bond acceptors (Lipinski definition) is 9. The molecule has 3 aromatic carbocycles. The smallest absolute Gasteiger partial charge is 0.350 e. The Kier molecular flexibility index (Phi) is 9.26. The van der Waals surface area contributed by atoms with E-state index in [0.717, 1.165) is 61.7 Å². The summed E-state index contributed by atoms with van der Waals surface area (Å²) in [4.78, 5) is 19.2. The van der Waals surface area contributed by atoms with E-state index in [1.54, 1.807) is 32.8 Å². The van der Waals surface area contributed by atoms with Gasteiger partial charge in [-0.25, -0.2) is 14.0 Å². The van der Waals surface area contributed by atoms with Crippen molar-refractivity contribution < 1.29 is 14.2 Å². The van der Waals surface area contributed by atoms with Gasteiger partial charge in [0.15, 0.2) is 0 Å². The lowest BCUT2D eigenvalue weighted by molar-refractivity contribution is -0.314. The molecule has 0 unspecified atom stereocenters. The van der Waals surface area contributed by atoms with Crippen LogP contribution in [0.2, 0.25) is 0 Å². The van der Waals surface area contributed by atoms with Gasteiger partial charge in [-0.1, -0.05) is 37.3 Å². The predicted molar refractivity (Wildman–Crippen MR) is 183 cm³/mol. The van der Waals surface area contributed by atoms with Crippen molar-refractivity contribution in [2.24, 2.45) is 0 Å². The molecule has 2 aliphatic rings. The highest BCUT2D eigenvalue weighted by Crippen LogP contribution is 2.35. The van der Waals surface area contributed by atoms with E-state index in [2.05, 4.69) is 56.3 Å². The van der Waals surface area contributed by atoms with Gasteiger partial charge in [-0.05, 0) is 61.9 Å². The number of hydrogen-bond donors (Lipinski definition) is 0. The van der Waals surface area contributed by atoms with E-state index in [4.69, 9.17) is 14.2 Å². The van der Waals surface area contributed by atoms with Gasteiger partial charge in [0.1, 0.15) is 25.2 Å². The molecule has 0 aliphatic carbocycles. The van der Waals surface area contributed by atoms with E-state index < -0.39 is 5.79 Å². The number of rotatable bonds is 11. The van der Waals surface area contributed by atoms with Gasteiger partial charge in [-0.3, -0.25) is 0 Å². The van der Waals surface area contributed by atoms with Gasteiger partial charge in [0, 0.05) is 49.5 Å². The first-order valence-electron chi connectivity index (χ1n) is 16.7. The first-order valence-corrected chi connectivity index (χ1v) is 16.7. The Morgan fingerprint density at radius 3 is 2.12 bits per heavy atom. The summed E-state index contributed by atoms with van der Waals surface area (Å²) in [6.45, 7) is 8.99. The van der Waals surface area contributed by atoms with Crippen molar-refractivity contribution in [1.29, 1.82) is 0 Å². The average Bonchev–Trinajstić information content (AvgIpc) is 3.80. The van der Waals surface area contributed by atoms with Crippen LogP contribution in [0, 0.1) is 0 Å². The zero-order valence-electron chi connectivity index (χ0n) is 27.5. The summed E-state index contributed by atoms with van der Waals surface area (Å²) in [6.07, 6.45) is 6.35. The second kappa shape index (κ2) is 14.0. The van der Waals surface area contributed by atoms with Gasteiger partial charge in [-0.2, -0.15) is 20.1 Å². The standard InChI is InChI=1S/C36H42N8O4/c1-3-28(2)44-35(45)42(27-39-44)32-11-9-30(10-12-32)40-20-22-41(23-21-40)31-13-15-33(16-14-31)46-25-34-17-24-47-36(48-34,26-43-37-18-19-38-43)29-7-5-4-6-8-29/h4-16,18-19,27-28,34H,3,17,20-26H2,1-2H3/t28-,34-,36-/m1/s1. The molecule has 0 bridgehead atoms. The molecule has 2 saturated heterocycles. The lowest BCUT2D eigenvalue weighted by Gasteiger charge is -2.40. The van der Waals surface area contributed by atoms with E-state index >= 15 is 0 Å². The first-order chi connectivity index (χ1) is 23.5. The van der Waals surface area contributed by atoms with Crippen molar-refractivity contribution >= 4 is 11.4 Å². The van der Waals surface area contributed by atoms with E-state index in [-0.39, 0.29) is 17.8 Å². The Bertz CT molecular complexity index is 1800. The van der Waals surface area contributed by atoms with Crippen molar-refractivity contribution in [2.75, 3.05) is 49.2 Å². The van der Waals surface area contributed by atoms with Crippen LogP contribution in [0.15, 0.2) is 102 Å². The van der Waals surface area contributed by atoms with E-state index in [1.807, 2.05) is 61.5 Å². The maximum atomic E-state index is 12.8. The summed E-state index contributed by atoms with van der Waals surface area (Å²) in [7, 11) is 0. The second-order valence-electron chi connectivity index (χ2n) is 12.3. The zero-order valence-corrected chi connectivity index (χ0v) is 27.5. The molecule has 2 aromatic heterocycles. The third kappa shape index (κ3) is 6.71. The third-order valence-electron chi connectivity index (χ3n) is 9.27. The van der Waals surface area contributed by atoms with Crippen molar-refractivity contribution in [1.82, 2.24) is 29.3 Å². The van der Waals surface area contributed by atoms with Gasteiger partial charge in [0.2, 0.25) is 5.79 Å². The van der Waals surface area contributed by atoms with Crippen molar-refractivity contribution in [3.8, 4) is 11.4 Å². The topological polar surface area (TPSA) is 105 Å². The molecule has 2 fully saturated rings. The largest absolute Gasteiger partial charge is 0.491 e. The minimum absolute atomic E-state index is 0.0722. The van der Waals surface area contributed by atoms with Crippen molar-refractivity contribution in [2.45, 2.75) is 51.2 Å². The number of aromatic nitrogens is 6. The van der Waals surface area contributed by atoms with Crippen LogP contribution >= 0.6 is 0 Å². The van der Waals surface area contributed by atoms with Gasteiger partial charge in [0.25, 0.3) is 0 Å². The van der Waals surface area contributed by atoms with Crippen molar-refractivity contribution in [3.63, 3.8) is 0 Å². The maximum Gasteiger partial charge on any atom is 0.350 e. The first kappa shape index (κ1) is 31.6. The Balaban J connectivity index is 0.924. The van der Waals surface area contributed by atoms with Gasteiger partial charge in [-0.15, -0.1) is 0 Å². The van der Waals surface area contributed by atoms with Gasteiger partial charge in [0.05, 0.1) is 36.8 Å². The average molecular weight is 651 g/mol. The number of ether oxygens (including phenoxy) is 3. The molecular formula is C36H42N8O4. The molecule has 4 heterocycles. The Hall–Kier alpha value is -4.94. The molecule has 0 spiro atoms. The molecule has 2 aliphatic heterocycles. The Labute approximate surface area is 280 Å². The SMILES string of the molecule is CC[C@@H](C)n1ncn(-c2ccc(N3CCN(c4ccc(OC[C@H]5CCO[C@@](Cn6nccn6)(c6ccccc6)O5)cc4)CC3)cc2)c1=O. The monoisotopic (exact) mass is 650 g/mol. The van der Waals surface area contributed by atoms with Crippen LogP contribution in [0.25, 0.3) is 5.69 Å². The lowest BCUT2D eigenvalue weighted by atomic mass is 10.0. The van der Waals surface area contributed by atoms with E-state index in [0.29, 0.717) is 19.8 Å². The normalized spacial score (nSPS) is 20.5. The highest BCUT2D eigenvalue weighted by molar-refractivity contribution is 5.54. The molecule has 0 radical (unpaired) electrons. The molecular weight excluding hydrogens is 608 g/mol. The molecule has 3 atom stereocenters. The molecule has 0 saturated carbocycles. The summed E-state index contributed by atoms with van der Waals surface area (Å²) < 4.78 is 22.2. The van der Waals surface area contributed by atoms with Gasteiger partial charge >= 0.3 is 5.69 Å². The van der Waals surface area contributed by atoms with Crippen LogP contribution < -0.4 is 20.2 Å². The Morgan fingerprint density at radius 2 is 1.48 bits per heavy atom. The summed E-state index contributed by atoms with van der Waals surface area (Å²) >= 11 is 0. The van der Waals surface area contributed by atoms with E-state index in [9.17, 15) is 4.79 Å². The fourth-order valence-corrected chi connectivity index (χ4v) is 6.32. The number of benzene rings is 3. The molecule has 0 N–H and O–H groups in total. The fraction of sp³-hybridized carbons (Fsp3) is 0.389. The number of piperazine rings is 1. The molecule has 48 heavy (non-hydrogen) atoms. The molecule has 5 aromatic rings. The maximum absolute atomic E-state index is 12.8. The fourth-order valence-electron chi connectivity index (χ4n) is 6.32. The molecule has 7 rings (SSSR count). The quantitative estimate of drug-likeness (QED) is 0.202. The van der Waals surface area contributed by atoms with Crippen LogP contribution in [0.3, 0.4) is 0 Å². The highest BCUT2D eigenvalue weighted by atomic mass is 16.7. The van der Waals surface area contributed by atoms with Gasteiger partial charge < -0.3 is 24.0 Å². The molecule has 0 amide bonds. The van der Waals surface area contributed by atoms with Crippen molar-refractivity contribution in [3.05, 3.63) is 114 Å².